The first-order valence-corrected chi connectivity index (χ1v) is 10.8. The number of guanidine groups is 1. The van der Waals surface area contributed by atoms with Gasteiger partial charge in [-0.3, -0.25) is 4.99 Å². The summed E-state index contributed by atoms with van der Waals surface area (Å²) in [7, 11) is 0. The Kier molecular flexibility index (Phi) is 6.88. The van der Waals surface area contributed by atoms with E-state index in [0.717, 1.165) is 63.7 Å². The van der Waals surface area contributed by atoms with E-state index in [1.54, 1.807) is 6.26 Å². The van der Waals surface area contributed by atoms with E-state index >= 15 is 0 Å². The van der Waals surface area contributed by atoms with E-state index in [-0.39, 0.29) is 11.9 Å². The van der Waals surface area contributed by atoms with Gasteiger partial charge in [0, 0.05) is 51.4 Å². The molecule has 1 aliphatic carbocycles. The van der Waals surface area contributed by atoms with Crippen LogP contribution in [0.25, 0.3) is 0 Å². The topological polar surface area (TPSA) is 77.3 Å². The summed E-state index contributed by atoms with van der Waals surface area (Å²) >= 11 is 0. The second-order valence-corrected chi connectivity index (χ2v) is 8.08. The van der Waals surface area contributed by atoms with E-state index in [4.69, 9.17) is 23.6 Å². The molecular formula is C21H33N3O4. The Labute approximate surface area is 167 Å². The van der Waals surface area contributed by atoms with Gasteiger partial charge in [-0.25, -0.2) is 0 Å². The lowest BCUT2D eigenvalue weighted by Gasteiger charge is -2.31. The fourth-order valence-electron chi connectivity index (χ4n) is 4.16. The number of ether oxygens (including phenoxy) is 3. The molecule has 7 heteroatoms. The van der Waals surface area contributed by atoms with Gasteiger partial charge >= 0.3 is 0 Å². The van der Waals surface area contributed by atoms with Crippen LogP contribution in [0.4, 0.5) is 0 Å². The lowest BCUT2D eigenvalue weighted by Crippen LogP contribution is -2.43. The van der Waals surface area contributed by atoms with Crippen LogP contribution in [0.5, 0.6) is 0 Å². The standard InChI is InChI=1S/C21H33N3O4/c1-2-8-21(9-3-1)27-16-19(28-21)14-24-20(23-13-17-7-12-25-15-17)22-10-6-18-5-4-11-26-18/h4-5,11,17,19H,1-3,6-10,12-16H2,(H2,22,23,24). The Hall–Kier alpha value is -1.57. The summed E-state index contributed by atoms with van der Waals surface area (Å²) in [5.74, 6) is 1.99. The van der Waals surface area contributed by atoms with Crippen molar-refractivity contribution in [3.63, 3.8) is 0 Å². The minimum Gasteiger partial charge on any atom is -0.469 e. The largest absolute Gasteiger partial charge is 0.469 e. The highest BCUT2D eigenvalue weighted by molar-refractivity contribution is 5.79. The van der Waals surface area contributed by atoms with Crippen molar-refractivity contribution < 1.29 is 18.6 Å². The lowest BCUT2D eigenvalue weighted by molar-refractivity contribution is -0.186. The smallest absolute Gasteiger partial charge is 0.191 e. The molecule has 1 aromatic heterocycles. The number of furan rings is 1. The van der Waals surface area contributed by atoms with Gasteiger partial charge in [0.15, 0.2) is 11.7 Å². The van der Waals surface area contributed by atoms with Gasteiger partial charge in [-0.15, -0.1) is 0 Å². The molecule has 4 rings (SSSR count). The van der Waals surface area contributed by atoms with Gasteiger partial charge < -0.3 is 29.3 Å². The van der Waals surface area contributed by atoms with Gasteiger partial charge in [0.1, 0.15) is 11.9 Å². The number of nitrogens with one attached hydrogen (secondary N) is 2. The monoisotopic (exact) mass is 391 g/mol. The Bertz CT molecular complexity index is 607. The molecule has 3 heterocycles. The summed E-state index contributed by atoms with van der Waals surface area (Å²) < 4.78 is 23.2. The van der Waals surface area contributed by atoms with Crippen LogP contribution in [-0.4, -0.2) is 57.3 Å². The first-order valence-electron chi connectivity index (χ1n) is 10.8. The fraction of sp³-hybridized carbons (Fsp3) is 0.762. The maximum absolute atomic E-state index is 6.28. The zero-order valence-electron chi connectivity index (χ0n) is 16.7. The predicted octanol–water partition coefficient (Wildman–Crippen LogP) is 2.47. The molecule has 2 atom stereocenters. The van der Waals surface area contributed by atoms with E-state index < -0.39 is 0 Å². The maximum atomic E-state index is 6.28. The van der Waals surface area contributed by atoms with Gasteiger partial charge in [0.2, 0.25) is 0 Å². The van der Waals surface area contributed by atoms with Crippen molar-refractivity contribution in [1.82, 2.24) is 10.6 Å². The molecule has 0 bridgehead atoms. The van der Waals surface area contributed by atoms with Crippen LogP contribution in [0.15, 0.2) is 27.8 Å². The first kappa shape index (κ1) is 19.7. The van der Waals surface area contributed by atoms with Crippen LogP contribution < -0.4 is 10.6 Å². The third-order valence-electron chi connectivity index (χ3n) is 5.80. The molecule has 1 aromatic rings. The Morgan fingerprint density at radius 3 is 2.89 bits per heavy atom. The first-order chi connectivity index (χ1) is 13.8. The number of hydrogen-bond donors (Lipinski definition) is 2. The van der Waals surface area contributed by atoms with Crippen LogP contribution in [0.1, 0.15) is 44.3 Å². The molecule has 7 nitrogen and oxygen atoms in total. The van der Waals surface area contributed by atoms with E-state index in [2.05, 4.69) is 10.6 Å². The van der Waals surface area contributed by atoms with Crippen molar-refractivity contribution in [3.8, 4) is 0 Å². The van der Waals surface area contributed by atoms with Crippen LogP contribution in [0, 0.1) is 5.92 Å². The predicted molar refractivity (Wildman–Crippen MR) is 106 cm³/mol. The molecule has 3 fully saturated rings. The molecule has 2 N–H and O–H groups in total. The van der Waals surface area contributed by atoms with Crippen molar-refractivity contribution in [1.29, 1.82) is 0 Å². The van der Waals surface area contributed by atoms with Crippen LogP contribution in [-0.2, 0) is 20.6 Å². The number of rotatable bonds is 7. The van der Waals surface area contributed by atoms with Crippen molar-refractivity contribution in [2.45, 2.75) is 56.8 Å². The van der Waals surface area contributed by atoms with Crippen molar-refractivity contribution in [2.24, 2.45) is 10.9 Å². The molecule has 156 valence electrons. The molecular weight excluding hydrogens is 358 g/mol. The Morgan fingerprint density at radius 2 is 2.11 bits per heavy atom. The Morgan fingerprint density at radius 1 is 1.18 bits per heavy atom. The third-order valence-corrected chi connectivity index (χ3v) is 5.80. The third kappa shape index (κ3) is 5.49. The zero-order chi connectivity index (χ0) is 19.1. The van der Waals surface area contributed by atoms with Crippen molar-refractivity contribution in [3.05, 3.63) is 24.2 Å². The molecule has 1 saturated carbocycles. The SMILES string of the molecule is c1coc(CCNC(=NCC2CCOC2)NCC2COC3(CCCCC3)O2)c1. The molecule has 0 radical (unpaired) electrons. The molecule has 2 saturated heterocycles. The average molecular weight is 392 g/mol. The maximum Gasteiger partial charge on any atom is 0.191 e. The van der Waals surface area contributed by atoms with Crippen molar-refractivity contribution >= 4 is 5.96 Å². The summed E-state index contributed by atoms with van der Waals surface area (Å²) in [5, 5.41) is 6.87. The van der Waals surface area contributed by atoms with Crippen LogP contribution in [0.3, 0.4) is 0 Å². The minimum atomic E-state index is -0.324. The van der Waals surface area contributed by atoms with Gasteiger partial charge in [0.25, 0.3) is 0 Å². The van der Waals surface area contributed by atoms with Gasteiger partial charge in [-0.2, -0.15) is 0 Å². The molecule has 1 spiro atoms. The highest BCUT2D eigenvalue weighted by Gasteiger charge is 2.42. The fourth-order valence-corrected chi connectivity index (χ4v) is 4.16. The average Bonchev–Trinajstić information content (AvgIpc) is 3.47. The van der Waals surface area contributed by atoms with E-state index in [1.807, 2.05) is 12.1 Å². The van der Waals surface area contributed by atoms with Crippen LogP contribution >= 0.6 is 0 Å². The van der Waals surface area contributed by atoms with E-state index in [1.165, 1.54) is 19.3 Å². The molecule has 2 aliphatic heterocycles. The molecule has 0 aromatic carbocycles. The quantitative estimate of drug-likeness (QED) is 0.549. The van der Waals surface area contributed by atoms with Gasteiger partial charge in [-0.05, 0) is 31.4 Å². The molecule has 28 heavy (non-hydrogen) atoms. The highest BCUT2D eigenvalue weighted by atomic mass is 16.7. The summed E-state index contributed by atoms with van der Waals surface area (Å²) in [5.41, 5.74) is 0. The molecule has 2 unspecified atom stereocenters. The number of hydrogen-bond acceptors (Lipinski definition) is 5. The Balaban J connectivity index is 1.26. The summed E-state index contributed by atoms with van der Waals surface area (Å²) in [6.45, 7) is 4.57. The number of aliphatic imine (C=N–C) groups is 1. The van der Waals surface area contributed by atoms with Crippen LogP contribution in [0.2, 0.25) is 0 Å². The lowest BCUT2D eigenvalue weighted by atomic mass is 9.94. The van der Waals surface area contributed by atoms with Crippen molar-refractivity contribution in [2.75, 3.05) is 39.5 Å². The number of nitrogens with zero attached hydrogens (tertiary/aromatic N) is 1. The zero-order valence-corrected chi connectivity index (χ0v) is 16.7. The second kappa shape index (κ2) is 9.76. The molecule has 3 aliphatic rings. The highest BCUT2D eigenvalue weighted by Crippen LogP contribution is 2.37. The summed E-state index contributed by atoms with van der Waals surface area (Å²) in [6, 6.07) is 3.91. The van der Waals surface area contributed by atoms with Gasteiger partial charge in [-0.1, -0.05) is 6.42 Å². The normalized spacial score (nSPS) is 27.4. The minimum absolute atomic E-state index is 0.0741. The van der Waals surface area contributed by atoms with E-state index in [0.29, 0.717) is 19.1 Å². The summed E-state index contributed by atoms with van der Waals surface area (Å²) in [6.07, 6.45) is 9.43. The van der Waals surface area contributed by atoms with E-state index in [9.17, 15) is 0 Å². The molecule has 0 amide bonds. The van der Waals surface area contributed by atoms with Gasteiger partial charge in [0.05, 0.1) is 19.5 Å². The summed E-state index contributed by atoms with van der Waals surface area (Å²) in [4.78, 5) is 4.78. The second-order valence-electron chi connectivity index (χ2n) is 8.08.